The molecule has 5 heteroatoms. The van der Waals surface area contributed by atoms with Crippen LogP contribution in [0.1, 0.15) is 17.5 Å². The van der Waals surface area contributed by atoms with E-state index in [-0.39, 0.29) is 0 Å². The second kappa shape index (κ2) is 3.00. The Balaban J connectivity index is 2.47. The summed E-state index contributed by atoms with van der Waals surface area (Å²) in [5.41, 5.74) is 6.65. The van der Waals surface area contributed by atoms with Crippen molar-refractivity contribution in [2.24, 2.45) is 5.73 Å². The number of ether oxygens (including phenoxy) is 1. The van der Waals surface area contributed by atoms with Crippen LogP contribution in [0.15, 0.2) is 6.20 Å². The second-order valence-corrected chi connectivity index (χ2v) is 3.84. The van der Waals surface area contributed by atoms with Crippen LogP contribution in [0.5, 0.6) is 0 Å². The molecule has 1 aromatic heterocycles. The van der Waals surface area contributed by atoms with Crippen LogP contribution in [-0.4, -0.2) is 18.1 Å². The van der Waals surface area contributed by atoms with Crippen LogP contribution in [0.25, 0.3) is 0 Å². The second-order valence-electron chi connectivity index (χ2n) is 3.46. The summed E-state index contributed by atoms with van der Waals surface area (Å²) in [4.78, 5) is 14.4. The van der Waals surface area contributed by atoms with Crippen molar-refractivity contribution in [3.8, 4) is 0 Å². The summed E-state index contributed by atoms with van der Waals surface area (Å²) in [5.74, 6) is -0.410. The van der Waals surface area contributed by atoms with Gasteiger partial charge in [0.05, 0.1) is 7.11 Å². The molecule has 1 aliphatic rings. The van der Waals surface area contributed by atoms with Crippen LogP contribution in [-0.2, 0) is 21.5 Å². The number of carbonyl (C=O) groups excluding carboxylic acids is 1. The predicted octanol–water partition coefficient (Wildman–Crippen LogP) is 0.941. The standard InChI is InChI=1S/C9H11ClN2O2/c1-14-8(13)9(11)3-2-5-6(9)4-12-7(5)10/h4,12H,2-3,11H2,1H3. The fraction of sp³-hybridized carbons (Fsp3) is 0.444. The van der Waals surface area contributed by atoms with Crippen molar-refractivity contribution in [1.82, 2.24) is 4.98 Å². The minimum Gasteiger partial charge on any atom is -0.467 e. The van der Waals surface area contributed by atoms with E-state index >= 15 is 0 Å². The normalized spacial score (nSPS) is 24.8. The minimum atomic E-state index is -1.02. The lowest BCUT2D eigenvalue weighted by atomic mass is 9.95. The average molecular weight is 215 g/mol. The highest BCUT2D eigenvalue weighted by molar-refractivity contribution is 6.30. The summed E-state index contributed by atoms with van der Waals surface area (Å²) in [7, 11) is 1.34. The number of methoxy groups -OCH3 is 1. The summed E-state index contributed by atoms with van der Waals surface area (Å²) in [6.45, 7) is 0. The zero-order valence-corrected chi connectivity index (χ0v) is 8.52. The molecule has 76 valence electrons. The fourth-order valence-electron chi connectivity index (χ4n) is 1.92. The topological polar surface area (TPSA) is 68.1 Å². The number of esters is 1. The Labute approximate surface area is 86.4 Å². The molecule has 1 heterocycles. The molecule has 0 bridgehead atoms. The van der Waals surface area contributed by atoms with Crippen molar-refractivity contribution < 1.29 is 9.53 Å². The van der Waals surface area contributed by atoms with Crippen molar-refractivity contribution in [2.45, 2.75) is 18.4 Å². The maximum absolute atomic E-state index is 11.5. The van der Waals surface area contributed by atoms with Gasteiger partial charge in [0.2, 0.25) is 0 Å². The number of rotatable bonds is 1. The number of nitrogens with one attached hydrogen (secondary N) is 1. The average Bonchev–Trinajstić information content (AvgIpc) is 2.70. The van der Waals surface area contributed by atoms with Gasteiger partial charge in [-0.3, -0.25) is 0 Å². The quantitative estimate of drug-likeness (QED) is 0.684. The lowest BCUT2D eigenvalue weighted by molar-refractivity contribution is -0.147. The Morgan fingerprint density at radius 3 is 3.14 bits per heavy atom. The monoisotopic (exact) mass is 214 g/mol. The fourth-order valence-corrected chi connectivity index (χ4v) is 2.17. The zero-order valence-electron chi connectivity index (χ0n) is 7.76. The summed E-state index contributed by atoms with van der Waals surface area (Å²) in [5, 5.41) is 0.566. The number of aromatic nitrogens is 1. The van der Waals surface area contributed by atoms with Crippen LogP contribution in [0.3, 0.4) is 0 Å². The first-order valence-electron chi connectivity index (χ1n) is 4.33. The molecule has 0 amide bonds. The Kier molecular flexibility index (Phi) is 2.05. The maximum Gasteiger partial charge on any atom is 0.330 e. The van der Waals surface area contributed by atoms with E-state index in [0.29, 0.717) is 18.0 Å². The van der Waals surface area contributed by atoms with E-state index in [1.807, 2.05) is 0 Å². The van der Waals surface area contributed by atoms with E-state index in [1.165, 1.54) is 7.11 Å². The Hall–Kier alpha value is -1.00. The van der Waals surface area contributed by atoms with Gasteiger partial charge in [-0.15, -0.1) is 0 Å². The first kappa shape index (κ1) is 9.55. The highest BCUT2D eigenvalue weighted by atomic mass is 35.5. The summed E-state index contributed by atoms with van der Waals surface area (Å²) >= 11 is 5.90. The van der Waals surface area contributed by atoms with Gasteiger partial charge in [0.1, 0.15) is 10.7 Å². The smallest absolute Gasteiger partial charge is 0.330 e. The van der Waals surface area contributed by atoms with Gasteiger partial charge < -0.3 is 15.5 Å². The van der Waals surface area contributed by atoms with Crippen molar-refractivity contribution >= 4 is 17.6 Å². The number of aromatic amines is 1. The van der Waals surface area contributed by atoms with Crippen molar-refractivity contribution in [3.05, 3.63) is 22.5 Å². The number of hydrogen-bond acceptors (Lipinski definition) is 3. The third-order valence-corrected chi connectivity index (χ3v) is 3.07. The molecule has 1 atom stereocenters. The van der Waals surface area contributed by atoms with Gasteiger partial charge in [0, 0.05) is 11.8 Å². The van der Waals surface area contributed by atoms with Crippen LogP contribution in [0.2, 0.25) is 5.15 Å². The third-order valence-electron chi connectivity index (χ3n) is 2.73. The van der Waals surface area contributed by atoms with Gasteiger partial charge in [0.15, 0.2) is 0 Å². The summed E-state index contributed by atoms with van der Waals surface area (Å²) in [6, 6.07) is 0. The molecule has 0 saturated heterocycles. The number of carbonyl (C=O) groups is 1. The van der Waals surface area contributed by atoms with Gasteiger partial charge in [-0.25, -0.2) is 4.79 Å². The van der Waals surface area contributed by atoms with E-state index < -0.39 is 11.5 Å². The van der Waals surface area contributed by atoms with Crippen molar-refractivity contribution in [3.63, 3.8) is 0 Å². The van der Waals surface area contributed by atoms with E-state index in [2.05, 4.69) is 9.72 Å². The van der Waals surface area contributed by atoms with Crippen LogP contribution in [0, 0.1) is 0 Å². The molecule has 14 heavy (non-hydrogen) atoms. The van der Waals surface area contributed by atoms with Gasteiger partial charge >= 0.3 is 5.97 Å². The summed E-state index contributed by atoms with van der Waals surface area (Å²) in [6.07, 6.45) is 2.95. The number of halogens is 1. The molecule has 4 nitrogen and oxygen atoms in total. The largest absolute Gasteiger partial charge is 0.467 e. The molecule has 0 fully saturated rings. The molecule has 1 aromatic rings. The highest BCUT2D eigenvalue weighted by Crippen LogP contribution is 2.39. The Morgan fingerprint density at radius 1 is 1.79 bits per heavy atom. The van der Waals surface area contributed by atoms with Gasteiger partial charge in [-0.1, -0.05) is 11.6 Å². The highest BCUT2D eigenvalue weighted by Gasteiger charge is 2.44. The third kappa shape index (κ3) is 1.07. The van der Waals surface area contributed by atoms with Crippen LogP contribution < -0.4 is 5.73 Å². The number of H-pyrrole nitrogens is 1. The Morgan fingerprint density at radius 2 is 2.50 bits per heavy atom. The minimum absolute atomic E-state index is 0.410. The number of fused-ring (bicyclic) bond motifs is 1. The van der Waals surface area contributed by atoms with E-state index in [4.69, 9.17) is 17.3 Å². The predicted molar refractivity (Wildman–Crippen MR) is 52.0 cm³/mol. The molecule has 0 spiro atoms. The van der Waals surface area contributed by atoms with Gasteiger partial charge in [0.25, 0.3) is 0 Å². The van der Waals surface area contributed by atoms with E-state index in [1.54, 1.807) is 6.20 Å². The molecule has 1 aliphatic carbocycles. The van der Waals surface area contributed by atoms with Crippen LogP contribution >= 0.6 is 11.6 Å². The van der Waals surface area contributed by atoms with Gasteiger partial charge in [-0.2, -0.15) is 0 Å². The molecule has 1 unspecified atom stereocenters. The van der Waals surface area contributed by atoms with E-state index in [9.17, 15) is 4.79 Å². The number of nitrogens with two attached hydrogens (primary N) is 1. The first-order valence-corrected chi connectivity index (χ1v) is 4.71. The van der Waals surface area contributed by atoms with Crippen molar-refractivity contribution in [1.29, 1.82) is 0 Å². The lowest BCUT2D eigenvalue weighted by Crippen LogP contribution is -2.43. The molecular formula is C9H11ClN2O2. The first-order chi connectivity index (χ1) is 6.59. The molecule has 0 saturated carbocycles. The Bertz CT molecular complexity index is 388. The van der Waals surface area contributed by atoms with Crippen LogP contribution in [0.4, 0.5) is 0 Å². The molecule has 0 aromatic carbocycles. The molecule has 0 radical (unpaired) electrons. The SMILES string of the molecule is COC(=O)C1(N)CCc2c1c[nH]c2Cl. The number of hydrogen-bond donors (Lipinski definition) is 2. The summed E-state index contributed by atoms with van der Waals surface area (Å²) < 4.78 is 4.68. The van der Waals surface area contributed by atoms with E-state index in [0.717, 1.165) is 11.1 Å². The molecule has 0 aliphatic heterocycles. The molecule has 2 rings (SSSR count). The van der Waals surface area contributed by atoms with Crippen molar-refractivity contribution in [2.75, 3.05) is 7.11 Å². The lowest BCUT2D eigenvalue weighted by Gasteiger charge is -2.20. The molecule has 3 N–H and O–H groups in total. The zero-order chi connectivity index (χ0) is 10.3. The maximum atomic E-state index is 11.5. The van der Waals surface area contributed by atoms with Gasteiger partial charge in [-0.05, 0) is 18.4 Å². The molecular weight excluding hydrogens is 204 g/mol.